The first kappa shape index (κ1) is 14.3. The van der Waals surface area contributed by atoms with Crippen LogP contribution in [-0.4, -0.2) is 24.6 Å². The average molecular weight is 256 g/mol. The van der Waals surface area contributed by atoms with E-state index in [2.05, 4.69) is 43.0 Å². The van der Waals surface area contributed by atoms with Gasteiger partial charge in [-0.15, -0.1) is 0 Å². The molecule has 4 heteroatoms. The lowest BCUT2D eigenvalue weighted by Crippen LogP contribution is -2.41. The number of pyridine rings is 1. The molecule has 0 radical (unpaired) electrons. The Bertz CT molecular complexity index is 377. The Kier molecular flexibility index (Phi) is 4.78. The number of rotatable bonds is 5. The molecule has 1 aromatic rings. The van der Waals surface area contributed by atoms with Gasteiger partial charge in [0, 0.05) is 19.1 Å². The smallest absolute Gasteiger partial charge is 0.129 e. The lowest BCUT2D eigenvalue weighted by atomic mass is 10.00. The molecule has 0 saturated heterocycles. The van der Waals surface area contributed by atoms with Crippen LogP contribution < -0.4 is 10.2 Å². The quantitative estimate of drug-likeness (QED) is 0.877. The summed E-state index contributed by atoms with van der Waals surface area (Å²) >= 11 is 6.11. The van der Waals surface area contributed by atoms with E-state index in [1.54, 1.807) is 0 Å². The topological polar surface area (TPSA) is 28.2 Å². The normalized spacial score (nSPS) is 11.6. The van der Waals surface area contributed by atoms with E-state index >= 15 is 0 Å². The number of anilines is 1. The van der Waals surface area contributed by atoms with Gasteiger partial charge in [0.2, 0.25) is 0 Å². The molecule has 1 N–H and O–H groups in total. The highest BCUT2D eigenvalue weighted by atomic mass is 35.5. The van der Waals surface area contributed by atoms with Crippen LogP contribution in [0.5, 0.6) is 0 Å². The van der Waals surface area contributed by atoms with Crippen molar-refractivity contribution in [3.8, 4) is 0 Å². The molecule has 0 spiro atoms. The van der Waals surface area contributed by atoms with Crippen LogP contribution in [0.1, 0.15) is 32.9 Å². The van der Waals surface area contributed by atoms with E-state index in [1.807, 2.05) is 19.2 Å². The van der Waals surface area contributed by atoms with E-state index in [1.165, 1.54) is 0 Å². The molecule has 0 unspecified atom stereocenters. The zero-order valence-electron chi connectivity index (χ0n) is 11.3. The number of aromatic nitrogens is 1. The number of nitrogens with zero attached hydrogens (tertiary/aromatic N) is 2. The van der Waals surface area contributed by atoms with E-state index in [9.17, 15) is 0 Å². The molecule has 0 saturated carbocycles. The lowest BCUT2D eigenvalue weighted by molar-refractivity contribution is 0.467. The van der Waals surface area contributed by atoms with Crippen LogP contribution in [0.15, 0.2) is 12.1 Å². The molecule has 0 aliphatic heterocycles. The highest BCUT2D eigenvalue weighted by Crippen LogP contribution is 2.25. The highest BCUT2D eigenvalue weighted by molar-refractivity contribution is 6.31. The first-order valence-corrected chi connectivity index (χ1v) is 6.34. The molecule has 0 aromatic carbocycles. The summed E-state index contributed by atoms with van der Waals surface area (Å²) in [7, 11) is 3.97. The molecule has 3 nitrogen and oxygen atoms in total. The van der Waals surface area contributed by atoms with Crippen LogP contribution in [0, 0.1) is 0 Å². The van der Waals surface area contributed by atoms with Crippen molar-refractivity contribution in [3.63, 3.8) is 0 Å². The van der Waals surface area contributed by atoms with Gasteiger partial charge in [0.1, 0.15) is 5.82 Å². The molecule has 0 fully saturated rings. The number of halogens is 1. The number of hydrogen-bond donors (Lipinski definition) is 1. The Morgan fingerprint density at radius 2 is 2.06 bits per heavy atom. The Labute approximate surface area is 109 Å². The SMILES string of the molecule is CCC(C)(C)N(C)c1ccc(Cl)c(CNC)n1. The van der Waals surface area contributed by atoms with Gasteiger partial charge in [-0.3, -0.25) is 0 Å². The molecular weight excluding hydrogens is 234 g/mol. The summed E-state index contributed by atoms with van der Waals surface area (Å²) in [6, 6.07) is 3.89. The monoisotopic (exact) mass is 255 g/mol. The van der Waals surface area contributed by atoms with Crippen molar-refractivity contribution in [2.45, 2.75) is 39.3 Å². The van der Waals surface area contributed by atoms with Gasteiger partial charge < -0.3 is 10.2 Å². The van der Waals surface area contributed by atoms with Gasteiger partial charge >= 0.3 is 0 Å². The zero-order chi connectivity index (χ0) is 13.1. The van der Waals surface area contributed by atoms with Gasteiger partial charge in [-0.1, -0.05) is 18.5 Å². The minimum absolute atomic E-state index is 0.0950. The third-order valence-electron chi connectivity index (χ3n) is 3.37. The van der Waals surface area contributed by atoms with Crippen molar-refractivity contribution in [2.75, 3.05) is 19.0 Å². The van der Waals surface area contributed by atoms with Crippen LogP contribution >= 0.6 is 11.6 Å². The second-order valence-electron chi connectivity index (χ2n) is 4.85. The molecule has 1 heterocycles. The van der Waals surface area contributed by atoms with Crippen molar-refractivity contribution in [1.82, 2.24) is 10.3 Å². The van der Waals surface area contributed by atoms with Gasteiger partial charge in [0.25, 0.3) is 0 Å². The largest absolute Gasteiger partial charge is 0.355 e. The molecular formula is C13H22ClN3. The molecule has 0 bridgehead atoms. The molecule has 1 rings (SSSR count). The predicted octanol–water partition coefficient (Wildman–Crippen LogP) is 3.08. The Hall–Kier alpha value is -0.800. The fourth-order valence-corrected chi connectivity index (χ4v) is 1.67. The maximum absolute atomic E-state index is 6.11. The molecule has 1 aromatic heterocycles. The summed E-state index contributed by atoms with van der Waals surface area (Å²) in [5.74, 6) is 0.964. The van der Waals surface area contributed by atoms with Crippen molar-refractivity contribution < 1.29 is 0 Å². The van der Waals surface area contributed by atoms with Crippen molar-refractivity contribution in [2.24, 2.45) is 0 Å². The van der Waals surface area contributed by atoms with E-state index in [4.69, 9.17) is 11.6 Å². The third-order valence-corrected chi connectivity index (χ3v) is 3.71. The Morgan fingerprint density at radius 3 is 2.59 bits per heavy atom. The maximum Gasteiger partial charge on any atom is 0.129 e. The summed E-state index contributed by atoms with van der Waals surface area (Å²) in [5, 5.41) is 3.79. The molecule has 0 aliphatic carbocycles. The van der Waals surface area contributed by atoms with Gasteiger partial charge in [-0.25, -0.2) is 4.98 Å². The average Bonchev–Trinajstić information content (AvgIpc) is 2.31. The van der Waals surface area contributed by atoms with Crippen LogP contribution in [0.25, 0.3) is 0 Å². The van der Waals surface area contributed by atoms with Gasteiger partial charge in [0.15, 0.2) is 0 Å². The molecule has 0 amide bonds. The van der Waals surface area contributed by atoms with E-state index in [0.29, 0.717) is 11.6 Å². The second-order valence-corrected chi connectivity index (χ2v) is 5.26. The Balaban J connectivity index is 3.03. The van der Waals surface area contributed by atoms with Crippen LogP contribution in [0.4, 0.5) is 5.82 Å². The van der Waals surface area contributed by atoms with Crippen LogP contribution in [0.3, 0.4) is 0 Å². The standard InChI is InChI=1S/C13H22ClN3/c1-6-13(2,3)17(5)12-8-7-10(14)11(16-12)9-15-4/h7-8,15H,6,9H2,1-5H3. The summed E-state index contributed by atoms with van der Waals surface area (Å²) in [4.78, 5) is 6.80. The van der Waals surface area contributed by atoms with Gasteiger partial charge in [0.05, 0.1) is 10.7 Å². The van der Waals surface area contributed by atoms with Crippen molar-refractivity contribution in [1.29, 1.82) is 0 Å². The number of nitrogens with one attached hydrogen (secondary N) is 1. The second kappa shape index (κ2) is 5.69. The highest BCUT2D eigenvalue weighted by Gasteiger charge is 2.22. The first-order valence-electron chi connectivity index (χ1n) is 5.96. The molecule has 96 valence electrons. The fourth-order valence-electron chi connectivity index (χ4n) is 1.50. The predicted molar refractivity (Wildman–Crippen MR) is 74.8 cm³/mol. The first-order chi connectivity index (χ1) is 7.92. The fraction of sp³-hybridized carbons (Fsp3) is 0.615. The summed E-state index contributed by atoms with van der Waals surface area (Å²) in [6.07, 6.45) is 1.06. The van der Waals surface area contributed by atoms with Crippen LogP contribution in [-0.2, 0) is 6.54 Å². The van der Waals surface area contributed by atoms with E-state index in [-0.39, 0.29) is 5.54 Å². The van der Waals surface area contributed by atoms with Crippen LogP contribution in [0.2, 0.25) is 5.02 Å². The summed E-state index contributed by atoms with van der Waals surface area (Å²) in [6.45, 7) is 7.29. The van der Waals surface area contributed by atoms with E-state index in [0.717, 1.165) is 17.9 Å². The maximum atomic E-state index is 6.11. The lowest BCUT2D eigenvalue weighted by Gasteiger charge is -2.36. The summed E-state index contributed by atoms with van der Waals surface area (Å²) in [5.41, 5.74) is 0.989. The summed E-state index contributed by atoms with van der Waals surface area (Å²) < 4.78 is 0. The van der Waals surface area contributed by atoms with Crippen molar-refractivity contribution >= 4 is 17.4 Å². The van der Waals surface area contributed by atoms with E-state index < -0.39 is 0 Å². The number of hydrogen-bond acceptors (Lipinski definition) is 3. The molecule has 0 atom stereocenters. The molecule has 17 heavy (non-hydrogen) atoms. The minimum Gasteiger partial charge on any atom is -0.355 e. The molecule has 0 aliphatic rings. The minimum atomic E-state index is 0.0950. The Morgan fingerprint density at radius 1 is 1.41 bits per heavy atom. The van der Waals surface area contributed by atoms with Crippen molar-refractivity contribution in [3.05, 3.63) is 22.8 Å². The van der Waals surface area contributed by atoms with Gasteiger partial charge in [-0.05, 0) is 39.4 Å². The third kappa shape index (κ3) is 3.33. The van der Waals surface area contributed by atoms with Gasteiger partial charge in [-0.2, -0.15) is 0 Å². The zero-order valence-corrected chi connectivity index (χ0v) is 12.1.